The molecule has 0 atom stereocenters. The summed E-state index contributed by atoms with van der Waals surface area (Å²) in [5.41, 5.74) is 1.16. The van der Waals surface area contributed by atoms with Gasteiger partial charge in [-0.15, -0.1) is 0 Å². The standard InChI is InChI=1S/C27H24ClF4N3O2/c28-35(17-19-6-8-21(9-7-19)20-4-2-1-3-5-20)18-25(36)33-12-14-34(15-13-33)26(37)23-16-22(29)10-11-24(23)27(30,31)32/h1-11,16H,12-15,17-18H2. The second-order valence-corrected chi connectivity index (χ2v) is 9.18. The van der Waals surface area contributed by atoms with E-state index in [1.54, 1.807) is 0 Å². The lowest BCUT2D eigenvalue weighted by Crippen LogP contribution is -2.52. The van der Waals surface area contributed by atoms with Crippen molar-refractivity contribution in [2.24, 2.45) is 0 Å². The fourth-order valence-electron chi connectivity index (χ4n) is 4.20. The van der Waals surface area contributed by atoms with Crippen LogP contribution in [0.3, 0.4) is 0 Å². The number of carbonyl (C=O) groups excluding carboxylic acids is 2. The second-order valence-electron chi connectivity index (χ2n) is 8.70. The van der Waals surface area contributed by atoms with E-state index in [1.807, 2.05) is 54.6 Å². The first kappa shape index (κ1) is 26.6. The van der Waals surface area contributed by atoms with Gasteiger partial charge in [0.25, 0.3) is 5.91 Å². The van der Waals surface area contributed by atoms with Gasteiger partial charge in [-0.05, 0) is 46.7 Å². The van der Waals surface area contributed by atoms with Crippen LogP contribution in [0.2, 0.25) is 0 Å². The zero-order valence-electron chi connectivity index (χ0n) is 19.7. The minimum absolute atomic E-state index is 0.0294. The molecule has 0 N–H and O–H groups in total. The van der Waals surface area contributed by atoms with Gasteiger partial charge in [0.15, 0.2) is 0 Å². The Morgan fingerprint density at radius 1 is 0.838 bits per heavy atom. The first-order valence-electron chi connectivity index (χ1n) is 11.6. The Hall–Kier alpha value is -3.43. The summed E-state index contributed by atoms with van der Waals surface area (Å²) < 4.78 is 54.8. The highest BCUT2D eigenvalue weighted by Gasteiger charge is 2.37. The summed E-state index contributed by atoms with van der Waals surface area (Å²) in [6.07, 6.45) is -4.79. The summed E-state index contributed by atoms with van der Waals surface area (Å²) in [6, 6.07) is 19.6. The topological polar surface area (TPSA) is 43.9 Å². The summed E-state index contributed by atoms with van der Waals surface area (Å²) in [5, 5.41) is 0. The zero-order chi connectivity index (χ0) is 26.6. The summed E-state index contributed by atoms with van der Waals surface area (Å²) in [6.45, 7) is 0.595. The van der Waals surface area contributed by atoms with E-state index in [1.165, 1.54) is 14.2 Å². The van der Waals surface area contributed by atoms with Crippen LogP contribution in [0.4, 0.5) is 17.6 Å². The van der Waals surface area contributed by atoms with Crippen LogP contribution in [0, 0.1) is 5.82 Å². The van der Waals surface area contributed by atoms with Gasteiger partial charge in [0.2, 0.25) is 5.91 Å². The predicted molar refractivity (Wildman–Crippen MR) is 132 cm³/mol. The molecule has 1 heterocycles. The molecular formula is C27H24ClF4N3O2. The van der Waals surface area contributed by atoms with E-state index in [2.05, 4.69) is 0 Å². The van der Waals surface area contributed by atoms with Gasteiger partial charge in [-0.3, -0.25) is 9.59 Å². The number of rotatable bonds is 6. The molecule has 0 aliphatic carbocycles. The van der Waals surface area contributed by atoms with Crippen molar-refractivity contribution in [1.29, 1.82) is 0 Å². The Labute approximate surface area is 217 Å². The quantitative estimate of drug-likeness (QED) is 0.312. The smallest absolute Gasteiger partial charge is 0.338 e. The number of carbonyl (C=O) groups is 2. The lowest BCUT2D eigenvalue weighted by atomic mass is 10.0. The second kappa shape index (κ2) is 11.3. The van der Waals surface area contributed by atoms with Crippen LogP contribution in [0.15, 0.2) is 72.8 Å². The van der Waals surface area contributed by atoms with E-state index in [0.29, 0.717) is 24.7 Å². The van der Waals surface area contributed by atoms with Gasteiger partial charge in [-0.25, -0.2) is 8.81 Å². The van der Waals surface area contributed by atoms with Crippen molar-refractivity contribution in [1.82, 2.24) is 14.2 Å². The first-order valence-corrected chi connectivity index (χ1v) is 11.9. The Balaban J connectivity index is 1.30. The number of amides is 2. The van der Waals surface area contributed by atoms with E-state index in [-0.39, 0.29) is 38.6 Å². The van der Waals surface area contributed by atoms with Crippen LogP contribution < -0.4 is 0 Å². The maximum Gasteiger partial charge on any atom is 0.417 e. The van der Waals surface area contributed by atoms with Crippen LogP contribution >= 0.6 is 11.8 Å². The Bertz CT molecular complexity index is 1240. The molecule has 37 heavy (non-hydrogen) atoms. The average molecular weight is 534 g/mol. The van der Waals surface area contributed by atoms with E-state index in [0.717, 1.165) is 16.7 Å². The highest BCUT2D eigenvalue weighted by atomic mass is 35.5. The first-order chi connectivity index (χ1) is 17.6. The molecule has 0 spiro atoms. The van der Waals surface area contributed by atoms with E-state index >= 15 is 0 Å². The van der Waals surface area contributed by atoms with Crippen molar-refractivity contribution in [3.63, 3.8) is 0 Å². The van der Waals surface area contributed by atoms with Gasteiger partial charge >= 0.3 is 6.18 Å². The monoisotopic (exact) mass is 533 g/mol. The normalized spacial score (nSPS) is 14.2. The van der Waals surface area contributed by atoms with Crippen molar-refractivity contribution in [2.75, 3.05) is 32.7 Å². The van der Waals surface area contributed by atoms with Crippen LogP contribution in [-0.4, -0.2) is 58.8 Å². The van der Waals surface area contributed by atoms with Gasteiger partial charge in [-0.1, -0.05) is 54.6 Å². The third kappa shape index (κ3) is 6.67. The molecule has 1 aliphatic rings. The van der Waals surface area contributed by atoms with Crippen molar-refractivity contribution >= 4 is 23.6 Å². The number of nitrogens with zero attached hydrogens (tertiary/aromatic N) is 3. The number of hydrogen-bond donors (Lipinski definition) is 0. The molecule has 4 rings (SSSR count). The molecule has 3 aromatic carbocycles. The van der Waals surface area contributed by atoms with Crippen LogP contribution in [0.1, 0.15) is 21.5 Å². The van der Waals surface area contributed by atoms with Crippen molar-refractivity contribution < 1.29 is 27.2 Å². The van der Waals surface area contributed by atoms with Gasteiger partial charge in [0, 0.05) is 32.7 Å². The molecule has 5 nitrogen and oxygen atoms in total. The molecule has 0 bridgehead atoms. The molecular weight excluding hydrogens is 510 g/mol. The third-order valence-electron chi connectivity index (χ3n) is 6.16. The van der Waals surface area contributed by atoms with Crippen molar-refractivity contribution in [3.8, 4) is 11.1 Å². The molecule has 0 aromatic heterocycles. The number of piperazine rings is 1. The molecule has 1 fully saturated rings. The Morgan fingerprint density at radius 2 is 1.43 bits per heavy atom. The number of alkyl halides is 3. The highest BCUT2D eigenvalue weighted by Crippen LogP contribution is 2.33. The van der Waals surface area contributed by atoms with Crippen molar-refractivity contribution in [2.45, 2.75) is 12.7 Å². The molecule has 194 valence electrons. The highest BCUT2D eigenvalue weighted by molar-refractivity contribution is 6.14. The Kier molecular flexibility index (Phi) is 8.14. The van der Waals surface area contributed by atoms with Crippen LogP contribution in [0.5, 0.6) is 0 Å². The molecule has 3 aromatic rings. The molecule has 2 amide bonds. The molecule has 10 heteroatoms. The number of hydrogen-bond acceptors (Lipinski definition) is 3. The largest absolute Gasteiger partial charge is 0.417 e. The molecule has 1 saturated heterocycles. The fourth-order valence-corrected chi connectivity index (χ4v) is 4.44. The zero-order valence-corrected chi connectivity index (χ0v) is 20.5. The molecule has 1 aliphatic heterocycles. The Morgan fingerprint density at radius 3 is 2.05 bits per heavy atom. The average Bonchev–Trinajstić information content (AvgIpc) is 2.88. The number of benzene rings is 3. The predicted octanol–water partition coefficient (Wildman–Crippen LogP) is 5.45. The SMILES string of the molecule is O=C(CN(Cl)Cc1ccc(-c2ccccc2)cc1)N1CCN(C(=O)c2cc(F)ccc2C(F)(F)F)CC1. The lowest BCUT2D eigenvalue weighted by Gasteiger charge is -2.35. The van der Waals surface area contributed by atoms with Crippen LogP contribution in [0.25, 0.3) is 11.1 Å². The molecule has 0 saturated carbocycles. The van der Waals surface area contributed by atoms with E-state index in [9.17, 15) is 27.2 Å². The summed E-state index contributed by atoms with van der Waals surface area (Å²) in [7, 11) is 0. The van der Waals surface area contributed by atoms with Gasteiger partial charge in [0.05, 0.1) is 17.7 Å². The lowest BCUT2D eigenvalue weighted by molar-refractivity contribution is -0.138. The van der Waals surface area contributed by atoms with Gasteiger partial charge in [0.1, 0.15) is 5.82 Å². The van der Waals surface area contributed by atoms with Gasteiger partial charge < -0.3 is 9.80 Å². The minimum atomic E-state index is -4.79. The van der Waals surface area contributed by atoms with Crippen molar-refractivity contribution in [3.05, 3.63) is 95.3 Å². The number of halogens is 5. The maximum absolute atomic E-state index is 13.6. The van der Waals surface area contributed by atoms with E-state index < -0.39 is 29.0 Å². The van der Waals surface area contributed by atoms with E-state index in [4.69, 9.17) is 11.8 Å². The minimum Gasteiger partial charge on any atom is -0.338 e. The third-order valence-corrected chi connectivity index (χ3v) is 6.40. The fraction of sp³-hybridized carbons (Fsp3) is 0.259. The summed E-state index contributed by atoms with van der Waals surface area (Å²) >= 11 is 6.30. The maximum atomic E-state index is 13.6. The van der Waals surface area contributed by atoms with Crippen LogP contribution in [-0.2, 0) is 17.5 Å². The summed E-state index contributed by atoms with van der Waals surface area (Å²) in [5.74, 6) is -2.11. The van der Waals surface area contributed by atoms with Gasteiger partial charge in [-0.2, -0.15) is 13.2 Å². The molecule has 0 radical (unpaired) electrons. The summed E-state index contributed by atoms with van der Waals surface area (Å²) in [4.78, 5) is 28.1. The molecule has 0 unspecified atom stereocenters.